The Balaban J connectivity index is 1.54. The number of nitrogens with two attached hydrogens (primary N) is 1. The summed E-state index contributed by atoms with van der Waals surface area (Å²) in [6.07, 6.45) is 0. The fraction of sp³-hybridized carbons (Fsp3) is 0.130. The van der Waals surface area contributed by atoms with E-state index in [1.54, 1.807) is 36.4 Å². The number of benzene rings is 3. The molecule has 0 spiro atoms. The molecule has 2 amide bonds. The van der Waals surface area contributed by atoms with Crippen LogP contribution in [0.4, 0.5) is 5.69 Å². The summed E-state index contributed by atoms with van der Waals surface area (Å²) in [5, 5.41) is 10.4. The van der Waals surface area contributed by atoms with Gasteiger partial charge in [0.1, 0.15) is 0 Å². The number of amides is 2. The molecule has 35 heavy (non-hydrogen) atoms. The van der Waals surface area contributed by atoms with E-state index in [1.165, 1.54) is 43.3 Å². The summed E-state index contributed by atoms with van der Waals surface area (Å²) in [7, 11) is -7.55. The van der Waals surface area contributed by atoms with Gasteiger partial charge in [0, 0.05) is 31.3 Å². The summed E-state index contributed by atoms with van der Waals surface area (Å²) >= 11 is 0. The van der Waals surface area contributed by atoms with Crippen LogP contribution in [0.1, 0.15) is 28.4 Å². The number of anilines is 1. The van der Waals surface area contributed by atoms with E-state index in [0.717, 1.165) is 0 Å². The summed E-state index contributed by atoms with van der Waals surface area (Å²) in [6.45, 7) is 1.57. The van der Waals surface area contributed by atoms with Crippen LogP contribution in [0.25, 0.3) is 0 Å². The van der Waals surface area contributed by atoms with Crippen LogP contribution >= 0.6 is 0 Å². The Labute approximate surface area is 203 Å². The summed E-state index contributed by atoms with van der Waals surface area (Å²) in [6, 6.07) is 18.1. The zero-order chi connectivity index (χ0) is 25.6. The van der Waals surface area contributed by atoms with Gasteiger partial charge in [-0.15, -0.1) is 0 Å². The van der Waals surface area contributed by atoms with E-state index in [0.29, 0.717) is 22.4 Å². The number of hydrogen-bond acceptors (Lipinski definition) is 6. The predicted octanol–water partition coefficient (Wildman–Crippen LogP) is 1.70. The zero-order valence-corrected chi connectivity index (χ0v) is 20.3. The largest absolute Gasteiger partial charge is 0.348 e. The Hall–Kier alpha value is -3.58. The Morgan fingerprint density at radius 2 is 1.26 bits per heavy atom. The van der Waals surface area contributed by atoms with Gasteiger partial charge in [-0.05, 0) is 59.7 Å². The molecular weight excluding hydrogens is 492 g/mol. The molecule has 0 aromatic heterocycles. The van der Waals surface area contributed by atoms with E-state index >= 15 is 0 Å². The van der Waals surface area contributed by atoms with Gasteiger partial charge in [0.05, 0.1) is 9.79 Å². The highest BCUT2D eigenvalue weighted by atomic mass is 32.2. The number of carbonyl (C=O) groups is 2. The molecule has 0 saturated carbocycles. The normalized spacial score (nSPS) is 11.6. The van der Waals surface area contributed by atoms with Crippen molar-refractivity contribution in [3.63, 3.8) is 0 Å². The summed E-state index contributed by atoms with van der Waals surface area (Å²) in [5.41, 5.74) is 2.22. The number of nitrogens with one attached hydrogen (secondary N) is 3. The smallest absolute Gasteiger partial charge is 0.251 e. The maximum absolute atomic E-state index is 12.5. The highest BCUT2D eigenvalue weighted by molar-refractivity contribution is 7.89. The van der Waals surface area contributed by atoms with Crippen LogP contribution < -0.4 is 20.5 Å². The molecule has 0 heterocycles. The molecular formula is C23H24N4O6S2. The van der Waals surface area contributed by atoms with E-state index in [9.17, 15) is 26.4 Å². The van der Waals surface area contributed by atoms with Gasteiger partial charge in [-0.1, -0.05) is 24.3 Å². The van der Waals surface area contributed by atoms with Gasteiger partial charge < -0.3 is 10.6 Å². The van der Waals surface area contributed by atoms with E-state index < -0.39 is 20.0 Å². The van der Waals surface area contributed by atoms with Crippen LogP contribution in [0.3, 0.4) is 0 Å². The van der Waals surface area contributed by atoms with Gasteiger partial charge in [0.25, 0.3) is 5.91 Å². The summed E-state index contributed by atoms with van der Waals surface area (Å²) in [5.74, 6) is -0.596. The SMILES string of the molecule is CC(=O)Nc1ccc(S(=O)(=O)NCc2ccc(C(=O)NCc3ccc(S(N)(=O)=O)cc3)cc2)cc1. The van der Waals surface area contributed by atoms with Crippen LogP contribution in [0.15, 0.2) is 82.6 Å². The summed E-state index contributed by atoms with van der Waals surface area (Å²) in [4.78, 5) is 23.5. The monoisotopic (exact) mass is 516 g/mol. The average Bonchev–Trinajstić information content (AvgIpc) is 2.81. The lowest BCUT2D eigenvalue weighted by Gasteiger charge is -2.09. The second kappa shape index (κ2) is 10.8. The average molecular weight is 517 g/mol. The van der Waals surface area contributed by atoms with E-state index in [4.69, 9.17) is 5.14 Å². The van der Waals surface area contributed by atoms with Crippen molar-refractivity contribution in [2.75, 3.05) is 5.32 Å². The Morgan fingerprint density at radius 3 is 1.80 bits per heavy atom. The molecule has 0 fully saturated rings. The van der Waals surface area contributed by atoms with E-state index in [-0.39, 0.29) is 34.7 Å². The molecule has 5 N–H and O–H groups in total. The molecule has 0 saturated heterocycles. The number of rotatable bonds is 9. The Bertz CT molecular complexity index is 1420. The number of hydrogen-bond donors (Lipinski definition) is 4. The van der Waals surface area contributed by atoms with Crippen molar-refractivity contribution in [3.8, 4) is 0 Å². The predicted molar refractivity (Wildman–Crippen MR) is 130 cm³/mol. The molecule has 0 bridgehead atoms. The molecule has 10 nitrogen and oxygen atoms in total. The second-order valence-corrected chi connectivity index (χ2v) is 10.9. The van der Waals surface area contributed by atoms with E-state index in [2.05, 4.69) is 15.4 Å². The van der Waals surface area contributed by atoms with Crippen molar-refractivity contribution in [1.29, 1.82) is 0 Å². The Kier molecular flexibility index (Phi) is 8.02. The maximum atomic E-state index is 12.5. The van der Waals surface area contributed by atoms with Crippen molar-refractivity contribution < 1.29 is 26.4 Å². The van der Waals surface area contributed by atoms with Crippen LogP contribution in [0, 0.1) is 0 Å². The first-order chi connectivity index (χ1) is 16.4. The lowest BCUT2D eigenvalue weighted by molar-refractivity contribution is -0.114. The molecule has 0 aliphatic carbocycles. The van der Waals surface area contributed by atoms with Crippen LogP contribution in [0.2, 0.25) is 0 Å². The molecule has 3 aromatic carbocycles. The third-order valence-electron chi connectivity index (χ3n) is 4.87. The minimum atomic E-state index is -3.78. The summed E-state index contributed by atoms with van der Waals surface area (Å²) < 4.78 is 50.1. The van der Waals surface area contributed by atoms with Crippen molar-refractivity contribution in [2.24, 2.45) is 5.14 Å². The third-order valence-corrected chi connectivity index (χ3v) is 7.22. The molecule has 0 aliphatic heterocycles. The van der Waals surface area contributed by atoms with Crippen molar-refractivity contribution in [3.05, 3.63) is 89.5 Å². The van der Waals surface area contributed by atoms with Gasteiger partial charge in [-0.25, -0.2) is 26.7 Å². The number of primary sulfonamides is 1. The lowest BCUT2D eigenvalue weighted by atomic mass is 10.1. The van der Waals surface area contributed by atoms with E-state index in [1.807, 2.05) is 0 Å². The fourth-order valence-electron chi connectivity index (χ4n) is 3.04. The molecule has 0 aliphatic rings. The minimum Gasteiger partial charge on any atom is -0.348 e. The number of sulfonamides is 2. The third kappa shape index (κ3) is 7.45. The first-order valence-electron chi connectivity index (χ1n) is 10.3. The fourth-order valence-corrected chi connectivity index (χ4v) is 4.57. The highest BCUT2D eigenvalue weighted by Gasteiger charge is 2.14. The molecule has 0 atom stereocenters. The highest BCUT2D eigenvalue weighted by Crippen LogP contribution is 2.15. The maximum Gasteiger partial charge on any atom is 0.251 e. The van der Waals surface area contributed by atoms with Gasteiger partial charge in [-0.3, -0.25) is 9.59 Å². The molecule has 3 aromatic rings. The quantitative estimate of drug-likeness (QED) is 0.338. The molecule has 0 unspecified atom stereocenters. The first-order valence-corrected chi connectivity index (χ1v) is 13.3. The molecule has 0 radical (unpaired) electrons. The van der Waals surface area contributed by atoms with Gasteiger partial charge >= 0.3 is 0 Å². The zero-order valence-electron chi connectivity index (χ0n) is 18.7. The van der Waals surface area contributed by atoms with Gasteiger partial charge in [-0.2, -0.15) is 0 Å². The van der Waals surface area contributed by atoms with Crippen LogP contribution in [0.5, 0.6) is 0 Å². The Morgan fingerprint density at radius 1 is 0.743 bits per heavy atom. The van der Waals surface area contributed by atoms with Crippen molar-refractivity contribution in [2.45, 2.75) is 29.8 Å². The molecule has 12 heteroatoms. The van der Waals surface area contributed by atoms with Crippen LogP contribution in [-0.2, 0) is 37.9 Å². The lowest BCUT2D eigenvalue weighted by Crippen LogP contribution is -2.24. The van der Waals surface area contributed by atoms with Crippen LogP contribution in [-0.4, -0.2) is 28.6 Å². The topological polar surface area (TPSA) is 165 Å². The van der Waals surface area contributed by atoms with Crippen molar-refractivity contribution in [1.82, 2.24) is 10.0 Å². The second-order valence-electron chi connectivity index (χ2n) is 7.60. The minimum absolute atomic E-state index is 0.0132. The molecule has 3 rings (SSSR count). The van der Waals surface area contributed by atoms with Crippen molar-refractivity contribution >= 4 is 37.5 Å². The molecule has 184 valence electrons. The van der Waals surface area contributed by atoms with Gasteiger partial charge in [0.2, 0.25) is 26.0 Å². The first kappa shape index (κ1) is 26.0. The number of carbonyl (C=O) groups excluding carboxylic acids is 2. The standard InChI is InChI=1S/C23H24N4O6S2/c1-16(28)27-20-8-12-22(13-9-20)35(32,33)26-15-18-2-6-19(7-3-18)23(29)25-14-17-4-10-21(11-5-17)34(24,30)31/h2-13,26H,14-15H2,1H3,(H,25,29)(H,27,28)(H2,24,30,31). The van der Waals surface area contributed by atoms with Gasteiger partial charge in [0.15, 0.2) is 0 Å².